The van der Waals surface area contributed by atoms with Crippen molar-refractivity contribution in [1.29, 1.82) is 0 Å². The molecular weight excluding hydrogens is 184 g/mol. The molecule has 2 rings (SSSR count). The molecule has 0 saturated carbocycles. The van der Waals surface area contributed by atoms with Gasteiger partial charge in [0.25, 0.3) is 0 Å². The van der Waals surface area contributed by atoms with Crippen molar-refractivity contribution in [3.05, 3.63) is 48.4 Å². The zero-order valence-electron chi connectivity index (χ0n) is 9.01. The highest BCUT2D eigenvalue weighted by molar-refractivity contribution is 5.58. The molecule has 0 aliphatic rings. The van der Waals surface area contributed by atoms with E-state index in [1.54, 1.807) is 12.4 Å². The highest BCUT2D eigenvalue weighted by atomic mass is 14.7. The van der Waals surface area contributed by atoms with Crippen molar-refractivity contribution in [3.8, 4) is 11.3 Å². The Bertz CT molecular complexity index is 418. The first-order chi connectivity index (χ1) is 7.27. The van der Waals surface area contributed by atoms with Crippen LogP contribution in [0.25, 0.3) is 11.3 Å². The fourth-order valence-corrected chi connectivity index (χ4v) is 1.44. The Hall–Kier alpha value is -1.70. The van der Waals surface area contributed by atoms with Crippen molar-refractivity contribution >= 4 is 0 Å². The summed E-state index contributed by atoms with van der Waals surface area (Å²) >= 11 is 0. The summed E-state index contributed by atoms with van der Waals surface area (Å²) < 4.78 is 0. The van der Waals surface area contributed by atoms with Crippen molar-refractivity contribution in [2.24, 2.45) is 0 Å². The zero-order chi connectivity index (χ0) is 10.7. The number of hydrogen-bond donors (Lipinski definition) is 0. The summed E-state index contributed by atoms with van der Waals surface area (Å²) in [5, 5.41) is 0. The number of hydrogen-bond acceptors (Lipinski definition) is 2. The van der Waals surface area contributed by atoms with Gasteiger partial charge in [-0.1, -0.05) is 19.9 Å². The molecule has 0 amide bonds. The zero-order valence-corrected chi connectivity index (χ0v) is 9.01. The molecule has 15 heavy (non-hydrogen) atoms. The first-order valence-corrected chi connectivity index (χ1v) is 5.13. The summed E-state index contributed by atoms with van der Waals surface area (Å²) in [6.07, 6.45) is 5.52. The first-order valence-electron chi connectivity index (χ1n) is 5.13. The first kappa shape index (κ1) is 9.84. The van der Waals surface area contributed by atoms with Crippen LogP contribution in [0.5, 0.6) is 0 Å². The van der Waals surface area contributed by atoms with E-state index in [4.69, 9.17) is 0 Å². The van der Waals surface area contributed by atoms with Gasteiger partial charge in [-0.3, -0.25) is 9.97 Å². The Labute approximate surface area is 90.0 Å². The van der Waals surface area contributed by atoms with Crippen LogP contribution in [0.4, 0.5) is 0 Å². The largest absolute Gasteiger partial charge is 0.265 e. The van der Waals surface area contributed by atoms with E-state index in [1.165, 1.54) is 5.56 Å². The molecule has 0 spiro atoms. The van der Waals surface area contributed by atoms with Gasteiger partial charge in [0.05, 0.1) is 5.69 Å². The molecule has 0 aromatic carbocycles. The summed E-state index contributed by atoms with van der Waals surface area (Å²) in [7, 11) is 0. The Kier molecular flexibility index (Phi) is 2.77. The summed E-state index contributed by atoms with van der Waals surface area (Å²) in [5.41, 5.74) is 3.38. The van der Waals surface area contributed by atoms with E-state index in [-0.39, 0.29) is 0 Å². The second-order valence-corrected chi connectivity index (χ2v) is 3.87. The van der Waals surface area contributed by atoms with Gasteiger partial charge >= 0.3 is 0 Å². The Morgan fingerprint density at radius 2 is 1.73 bits per heavy atom. The average molecular weight is 198 g/mol. The van der Waals surface area contributed by atoms with E-state index in [0.717, 1.165) is 11.3 Å². The second kappa shape index (κ2) is 4.22. The molecule has 0 N–H and O–H groups in total. The highest BCUT2D eigenvalue weighted by Gasteiger charge is 2.01. The topological polar surface area (TPSA) is 25.8 Å². The third kappa shape index (κ3) is 2.21. The van der Waals surface area contributed by atoms with Crippen molar-refractivity contribution in [3.63, 3.8) is 0 Å². The number of pyridine rings is 2. The van der Waals surface area contributed by atoms with Gasteiger partial charge < -0.3 is 0 Å². The molecule has 0 unspecified atom stereocenters. The number of aromatic nitrogens is 2. The molecule has 0 fully saturated rings. The fourth-order valence-electron chi connectivity index (χ4n) is 1.44. The van der Waals surface area contributed by atoms with Gasteiger partial charge in [0, 0.05) is 24.2 Å². The van der Waals surface area contributed by atoms with E-state index < -0.39 is 0 Å². The number of rotatable bonds is 2. The maximum Gasteiger partial charge on any atom is 0.0703 e. The Morgan fingerprint density at radius 3 is 2.27 bits per heavy atom. The number of nitrogens with zero attached hydrogens (tertiary/aromatic N) is 2. The SMILES string of the molecule is CC(C)c1ccc(-c2ccncc2)nc1. The molecule has 0 atom stereocenters. The minimum absolute atomic E-state index is 0.531. The second-order valence-electron chi connectivity index (χ2n) is 3.87. The van der Waals surface area contributed by atoms with Crippen LogP contribution in [0.2, 0.25) is 0 Å². The summed E-state index contributed by atoms with van der Waals surface area (Å²) in [5.74, 6) is 0.531. The summed E-state index contributed by atoms with van der Waals surface area (Å²) in [6, 6.07) is 8.13. The van der Waals surface area contributed by atoms with Gasteiger partial charge in [0.15, 0.2) is 0 Å². The molecule has 0 aliphatic heterocycles. The fraction of sp³-hybridized carbons (Fsp3) is 0.231. The van der Waals surface area contributed by atoms with E-state index in [0.29, 0.717) is 5.92 Å². The lowest BCUT2D eigenvalue weighted by Gasteiger charge is -2.05. The van der Waals surface area contributed by atoms with Crippen LogP contribution in [-0.2, 0) is 0 Å². The van der Waals surface area contributed by atoms with Gasteiger partial charge in [0.1, 0.15) is 0 Å². The van der Waals surface area contributed by atoms with Crippen LogP contribution < -0.4 is 0 Å². The van der Waals surface area contributed by atoms with E-state index in [2.05, 4.69) is 35.9 Å². The van der Waals surface area contributed by atoms with Gasteiger partial charge in [0.2, 0.25) is 0 Å². The molecule has 76 valence electrons. The molecular formula is C13H14N2. The van der Waals surface area contributed by atoms with Crippen molar-refractivity contribution < 1.29 is 0 Å². The predicted octanol–water partition coefficient (Wildman–Crippen LogP) is 3.27. The quantitative estimate of drug-likeness (QED) is 0.740. The van der Waals surface area contributed by atoms with Gasteiger partial charge in [-0.05, 0) is 29.7 Å². The molecule has 0 saturated heterocycles. The lowest BCUT2D eigenvalue weighted by Crippen LogP contribution is -1.90. The van der Waals surface area contributed by atoms with Crippen LogP contribution >= 0.6 is 0 Å². The molecule has 0 aliphatic carbocycles. The third-order valence-electron chi connectivity index (χ3n) is 2.43. The lowest BCUT2D eigenvalue weighted by atomic mass is 10.0. The van der Waals surface area contributed by atoms with Crippen molar-refractivity contribution in [2.75, 3.05) is 0 Å². The molecule has 2 heterocycles. The molecule has 2 aromatic rings. The molecule has 2 heteroatoms. The van der Waals surface area contributed by atoms with Crippen molar-refractivity contribution in [2.45, 2.75) is 19.8 Å². The molecule has 0 bridgehead atoms. The average Bonchev–Trinajstić information content (AvgIpc) is 2.30. The maximum atomic E-state index is 4.44. The summed E-state index contributed by atoms with van der Waals surface area (Å²) in [6.45, 7) is 4.34. The lowest BCUT2D eigenvalue weighted by molar-refractivity contribution is 0.859. The van der Waals surface area contributed by atoms with Gasteiger partial charge in [-0.25, -0.2) is 0 Å². The van der Waals surface area contributed by atoms with Crippen LogP contribution in [0.1, 0.15) is 25.3 Å². The van der Waals surface area contributed by atoms with Gasteiger partial charge in [-0.2, -0.15) is 0 Å². The normalized spacial score (nSPS) is 10.6. The Balaban J connectivity index is 2.32. The Morgan fingerprint density at radius 1 is 1.00 bits per heavy atom. The van der Waals surface area contributed by atoms with E-state index in [1.807, 2.05) is 18.3 Å². The van der Waals surface area contributed by atoms with Crippen LogP contribution in [-0.4, -0.2) is 9.97 Å². The minimum Gasteiger partial charge on any atom is -0.265 e. The van der Waals surface area contributed by atoms with Crippen LogP contribution in [0, 0.1) is 0 Å². The third-order valence-corrected chi connectivity index (χ3v) is 2.43. The van der Waals surface area contributed by atoms with E-state index >= 15 is 0 Å². The smallest absolute Gasteiger partial charge is 0.0703 e. The predicted molar refractivity (Wildman–Crippen MR) is 61.6 cm³/mol. The maximum absolute atomic E-state index is 4.44. The van der Waals surface area contributed by atoms with Crippen LogP contribution in [0.15, 0.2) is 42.9 Å². The molecule has 0 radical (unpaired) electrons. The standard InChI is InChI=1S/C13H14N2/c1-10(2)12-3-4-13(15-9-12)11-5-7-14-8-6-11/h3-10H,1-2H3. The summed E-state index contributed by atoms with van der Waals surface area (Å²) in [4.78, 5) is 8.43. The van der Waals surface area contributed by atoms with Crippen LogP contribution in [0.3, 0.4) is 0 Å². The molecule has 2 aromatic heterocycles. The monoisotopic (exact) mass is 198 g/mol. The van der Waals surface area contributed by atoms with E-state index in [9.17, 15) is 0 Å². The molecule has 2 nitrogen and oxygen atoms in total. The highest BCUT2D eigenvalue weighted by Crippen LogP contribution is 2.18. The van der Waals surface area contributed by atoms with Gasteiger partial charge in [-0.15, -0.1) is 0 Å². The van der Waals surface area contributed by atoms with Crippen molar-refractivity contribution in [1.82, 2.24) is 9.97 Å². The minimum atomic E-state index is 0.531.